The summed E-state index contributed by atoms with van der Waals surface area (Å²) in [7, 11) is 0. The minimum absolute atomic E-state index is 0.0730. The number of hydrogen-bond acceptors (Lipinski definition) is 4. The van der Waals surface area contributed by atoms with Crippen molar-refractivity contribution < 1.29 is 13.9 Å². The van der Waals surface area contributed by atoms with Gasteiger partial charge >= 0.3 is 6.09 Å². The number of hydrogen-bond donors (Lipinski definition) is 1. The van der Waals surface area contributed by atoms with Crippen molar-refractivity contribution in [3.63, 3.8) is 0 Å². The molecule has 3 rings (SSSR count). The summed E-state index contributed by atoms with van der Waals surface area (Å²) >= 11 is 1.52. The van der Waals surface area contributed by atoms with Crippen LogP contribution in [-0.4, -0.2) is 25.3 Å². The van der Waals surface area contributed by atoms with Crippen LogP contribution in [0.1, 0.15) is 6.92 Å². The van der Waals surface area contributed by atoms with Crippen molar-refractivity contribution >= 4 is 23.1 Å². The number of amides is 1. The smallest absolute Gasteiger partial charge is 0.414 e. The Morgan fingerprint density at radius 3 is 2.95 bits per heavy atom. The summed E-state index contributed by atoms with van der Waals surface area (Å²) in [5.41, 5.74) is 7.49. The van der Waals surface area contributed by atoms with Crippen LogP contribution in [-0.2, 0) is 4.74 Å². The summed E-state index contributed by atoms with van der Waals surface area (Å²) in [5.74, 6) is -0.275. The Morgan fingerprint density at radius 1 is 1.50 bits per heavy atom. The van der Waals surface area contributed by atoms with Gasteiger partial charge in [-0.3, -0.25) is 4.90 Å². The number of halogens is 1. The number of rotatable bonds is 4. The predicted octanol–water partition coefficient (Wildman–Crippen LogP) is 3.47. The van der Waals surface area contributed by atoms with Gasteiger partial charge in [0.25, 0.3) is 0 Å². The standard InChI is InChI=1S/C16H17FN2O2S/c1-10(7-18)15-8-19(16(20)21-15)12-2-3-13(14(17)6-12)11-4-5-22-9-11/h2-6,9-10,15H,7-8,18H2,1H3. The van der Waals surface area contributed by atoms with Crippen LogP contribution in [0.25, 0.3) is 11.1 Å². The molecule has 1 amide bonds. The van der Waals surface area contributed by atoms with E-state index in [2.05, 4.69) is 0 Å². The number of carbonyl (C=O) groups excluding carboxylic acids is 1. The molecule has 2 heterocycles. The van der Waals surface area contributed by atoms with Gasteiger partial charge in [-0.2, -0.15) is 11.3 Å². The summed E-state index contributed by atoms with van der Waals surface area (Å²) < 4.78 is 19.6. The van der Waals surface area contributed by atoms with Crippen LogP contribution in [0.5, 0.6) is 0 Å². The molecule has 2 aromatic rings. The lowest BCUT2D eigenvalue weighted by atomic mass is 10.0. The van der Waals surface area contributed by atoms with Crippen LogP contribution in [0.4, 0.5) is 14.9 Å². The van der Waals surface area contributed by atoms with Gasteiger partial charge in [-0.1, -0.05) is 6.92 Å². The van der Waals surface area contributed by atoms with Crippen molar-refractivity contribution in [1.82, 2.24) is 0 Å². The lowest BCUT2D eigenvalue weighted by molar-refractivity contribution is 0.113. The van der Waals surface area contributed by atoms with Crippen molar-refractivity contribution in [2.24, 2.45) is 11.7 Å². The van der Waals surface area contributed by atoms with Gasteiger partial charge in [-0.15, -0.1) is 0 Å². The fourth-order valence-electron chi connectivity index (χ4n) is 2.47. The number of anilines is 1. The Hall–Kier alpha value is -1.92. The number of thiophene rings is 1. The second-order valence-corrected chi connectivity index (χ2v) is 6.20. The van der Waals surface area contributed by atoms with E-state index < -0.39 is 6.09 Å². The summed E-state index contributed by atoms with van der Waals surface area (Å²) in [6.45, 7) is 2.77. The van der Waals surface area contributed by atoms with Crippen molar-refractivity contribution in [2.45, 2.75) is 13.0 Å². The number of nitrogens with two attached hydrogens (primary N) is 1. The zero-order valence-electron chi connectivity index (χ0n) is 12.2. The van der Waals surface area contributed by atoms with Gasteiger partial charge in [0.15, 0.2) is 0 Å². The van der Waals surface area contributed by atoms with E-state index in [1.807, 2.05) is 23.8 Å². The van der Waals surface area contributed by atoms with Gasteiger partial charge in [0, 0.05) is 11.5 Å². The fraction of sp³-hybridized carbons (Fsp3) is 0.312. The Labute approximate surface area is 132 Å². The molecule has 0 bridgehead atoms. The van der Waals surface area contributed by atoms with Crippen molar-refractivity contribution in [1.29, 1.82) is 0 Å². The van der Waals surface area contributed by atoms with Gasteiger partial charge in [0.1, 0.15) is 11.9 Å². The highest BCUT2D eigenvalue weighted by Gasteiger charge is 2.35. The van der Waals surface area contributed by atoms with Crippen molar-refractivity contribution in [3.05, 3.63) is 40.8 Å². The average molecular weight is 320 g/mol. The molecule has 2 N–H and O–H groups in total. The molecule has 0 saturated carbocycles. The van der Waals surface area contributed by atoms with E-state index in [-0.39, 0.29) is 17.8 Å². The molecule has 0 radical (unpaired) electrons. The maximum absolute atomic E-state index is 14.3. The highest BCUT2D eigenvalue weighted by molar-refractivity contribution is 7.08. The number of carbonyl (C=O) groups is 1. The molecule has 1 aromatic heterocycles. The third-order valence-corrected chi connectivity index (χ3v) is 4.62. The molecule has 1 aliphatic heterocycles. The number of benzene rings is 1. The molecular weight excluding hydrogens is 303 g/mol. The van der Waals surface area contributed by atoms with Gasteiger partial charge in [0.2, 0.25) is 0 Å². The van der Waals surface area contributed by atoms with Crippen molar-refractivity contribution in [3.8, 4) is 11.1 Å². The third-order valence-electron chi connectivity index (χ3n) is 3.94. The first-order chi connectivity index (χ1) is 10.6. The van der Waals surface area contributed by atoms with E-state index >= 15 is 0 Å². The highest BCUT2D eigenvalue weighted by atomic mass is 32.1. The largest absolute Gasteiger partial charge is 0.444 e. The lowest BCUT2D eigenvalue weighted by Crippen LogP contribution is -2.30. The molecule has 6 heteroatoms. The SMILES string of the molecule is CC(CN)C1CN(c2ccc(-c3ccsc3)c(F)c2)C(=O)O1. The monoisotopic (exact) mass is 320 g/mol. The zero-order valence-corrected chi connectivity index (χ0v) is 13.0. The molecule has 1 aromatic carbocycles. The first kappa shape index (κ1) is 15.0. The molecule has 0 aliphatic carbocycles. The van der Waals surface area contributed by atoms with E-state index in [1.54, 1.807) is 12.1 Å². The maximum Gasteiger partial charge on any atom is 0.414 e. The van der Waals surface area contributed by atoms with E-state index in [1.165, 1.54) is 22.3 Å². The summed E-state index contributed by atoms with van der Waals surface area (Å²) in [4.78, 5) is 13.4. The quantitative estimate of drug-likeness (QED) is 0.938. The topological polar surface area (TPSA) is 55.6 Å². The zero-order chi connectivity index (χ0) is 15.7. The van der Waals surface area contributed by atoms with Crippen LogP contribution >= 0.6 is 11.3 Å². The number of nitrogens with zero attached hydrogens (tertiary/aromatic N) is 1. The van der Waals surface area contributed by atoms with Gasteiger partial charge in [-0.25, -0.2) is 9.18 Å². The lowest BCUT2D eigenvalue weighted by Gasteiger charge is -2.16. The van der Waals surface area contributed by atoms with Crippen molar-refractivity contribution in [2.75, 3.05) is 18.0 Å². The molecule has 116 valence electrons. The molecule has 0 spiro atoms. The van der Waals surface area contributed by atoms with Crippen LogP contribution in [0.15, 0.2) is 35.0 Å². The average Bonchev–Trinajstić information content (AvgIpc) is 3.16. The normalized spacial score (nSPS) is 19.3. The predicted molar refractivity (Wildman–Crippen MR) is 85.5 cm³/mol. The van der Waals surface area contributed by atoms with E-state index in [4.69, 9.17) is 10.5 Å². The Kier molecular flexibility index (Phi) is 4.13. The molecule has 22 heavy (non-hydrogen) atoms. The van der Waals surface area contributed by atoms with Gasteiger partial charge < -0.3 is 10.5 Å². The Morgan fingerprint density at radius 2 is 2.32 bits per heavy atom. The first-order valence-electron chi connectivity index (χ1n) is 7.10. The van der Waals surface area contributed by atoms with E-state index in [0.717, 1.165) is 5.56 Å². The maximum atomic E-state index is 14.3. The van der Waals surface area contributed by atoms with Crippen LogP contribution < -0.4 is 10.6 Å². The summed E-state index contributed by atoms with van der Waals surface area (Å²) in [5, 5.41) is 3.79. The van der Waals surface area contributed by atoms with E-state index in [0.29, 0.717) is 24.3 Å². The Bertz CT molecular complexity index is 675. The molecule has 1 fully saturated rings. The third kappa shape index (κ3) is 2.71. The number of cyclic esters (lactones) is 1. The number of ether oxygens (including phenoxy) is 1. The second-order valence-electron chi connectivity index (χ2n) is 5.42. The summed E-state index contributed by atoms with van der Waals surface area (Å²) in [6, 6.07) is 6.68. The second kappa shape index (κ2) is 6.06. The minimum atomic E-state index is -0.451. The van der Waals surface area contributed by atoms with Gasteiger partial charge in [0.05, 0.1) is 12.2 Å². The summed E-state index contributed by atoms with van der Waals surface area (Å²) in [6.07, 6.45) is -0.704. The molecular formula is C16H17FN2O2S. The molecule has 4 nitrogen and oxygen atoms in total. The highest BCUT2D eigenvalue weighted by Crippen LogP contribution is 2.30. The molecule has 2 unspecified atom stereocenters. The van der Waals surface area contributed by atoms with Crippen LogP contribution in [0.2, 0.25) is 0 Å². The molecule has 1 aliphatic rings. The van der Waals surface area contributed by atoms with Gasteiger partial charge in [-0.05, 0) is 47.1 Å². The first-order valence-corrected chi connectivity index (χ1v) is 8.04. The van der Waals surface area contributed by atoms with E-state index in [9.17, 15) is 9.18 Å². The van der Waals surface area contributed by atoms with Crippen LogP contribution in [0.3, 0.4) is 0 Å². The fourth-order valence-corrected chi connectivity index (χ4v) is 3.12. The molecule has 2 atom stereocenters. The van der Waals surface area contributed by atoms with Crippen LogP contribution in [0, 0.1) is 11.7 Å². The Balaban J connectivity index is 1.84. The minimum Gasteiger partial charge on any atom is -0.444 e. The molecule has 1 saturated heterocycles.